The van der Waals surface area contributed by atoms with Crippen LogP contribution in [0, 0.1) is 0 Å². The van der Waals surface area contributed by atoms with E-state index in [4.69, 9.17) is 0 Å². The van der Waals surface area contributed by atoms with E-state index in [-0.39, 0.29) is 0 Å². The summed E-state index contributed by atoms with van der Waals surface area (Å²) < 4.78 is 37.6. The molecule has 0 saturated heterocycles. The number of carbonyl (C=O) groups excluding carboxylic acids is 1. The van der Waals surface area contributed by atoms with Crippen molar-refractivity contribution >= 4 is 11.7 Å². The zero-order valence-electron chi connectivity index (χ0n) is 16.9. The van der Waals surface area contributed by atoms with Crippen molar-refractivity contribution in [2.45, 2.75) is 19.1 Å². The highest BCUT2D eigenvalue weighted by molar-refractivity contribution is 5.89. The molecule has 7 heteroatoms. The largest absolute Gasteiger partial charge is 0.416 e. The SMILES string of the molecule is O=C(NCCCNCc1ccc(-c2ccccc2)cc1)Nc1ccc(C(F)(F)F)cc1. The zero-order valence-corrected chi connectivity index (χ0v) is 16.9. The minimum atomic E-state index is -4.39. The topological polar surface area (TPSA) is 53.2 Å². The number of hydrogen-bond donors (Lipinski definition) is 3. The lowest BCUT2D eigenvalue weighted by Gasteiger charge is -2.10. The fraction of sp³-hybridized carbons (Fsp3) is 0.208. The van der Waals surface area contributed by atoms with Crippen LogP contribution in [0.15, 0.2) is 78.9 Å². The first-order valence-electron chi connectivity index (χ1n) is 9.99. The quantitative estimate of drug-likeness (QED) is 0.406. The van der Waals surface area contributed by atoms with Crippen LogP contribution in [0.2, 0.25) is 0 Å². The van der Waals surface area contributed by atoms with Gasteiger partial charge in [-0.15, -0.1) is 0 Å². The smallest absolute Gasteiger partial charge is 0.338 e. The molecule has 0 atom stereocenters. The Morgan fingerprint density at radius 2 is 1.42 bits per heavy atom. The number of amides is 2. The fourth-order valence-electron chi connectivity index (χ4n) is 3.01. The van der Waals surface area contributed by atoms with E-state index in [1.54, 1.807) is 0 Å². The van der Waals surface area contributed by atoms with E-state index < -0.39 is 17.8 Å². The Morgan fingerprint density at radius 3 is 2.06 bits per heavy atom. The summed E-state index contributed by atoms with van der Waals surface area (Å²) in [7, 11) is 0. The second kappa shape index (κ2) is 10.6. The highest BCUT2D eigenvalue weighted by Crippen LogP contribution is 2.29. The minimum Gasteiger partial charge on any atom is -0.338 e. The molecule has 0 aliphatic heterocycles. The molecule has 31 heavy (non-hydrogen) atoms. The maximum Gasteiger partial charge on any atom is 0.416 e. The highest BCUT2D eigenvalue weighted by Gasteiger charge is 2.29. The summed E-state index contributed by atoms with van der Waals surface area (Å²) in [5, 5.41) is 8.53. The van der Waals surface area contributed by atoms with Crippen LogP contribution in [-0.4, -0.2) is 19.1 Å². The first-order chi connectivity index (χ1) is 14.9. The molecule has 2 amide bonds. The molecule has 0 aromatic heterocycles. The van der Waals surface area contributed by atoms with Crippen molar-refractivity contribution in [2.75, 3.05) is 18.4 Å². The van der Waals surface area contributed by atoms with Crippen LogP contribution in [0.1, 0.15) is 17.5 Å². The molecule has 0 aliphatic carbocycles. The first kappa shape index (κ1) is 22.4. The van der Waals surface area contributed by atoms with Crippen molar-refractivity contribution in [1.29, 1.82) is 0 Å². The Kier molecular flexibility index (Phi) is 7.67. The summed E-state index contributed by atoms with van der Waals surface area (Å²) in [4.78, 5) is 11.8. The molecule has 0 spiro atoms. The summed E-state index contributed by atoms with van der Waals surface area (Å²) >= 11 is 0. The van der Waals surface area contributed by atoms with Gasteiger partial charge in [0, 0.05) is 18.8 Å². The highest BCUT2D eigenvalue weighted by atomic mass is 19.4. The molecular formula is C24H24F3N3O. The van der Waals surface area contributed by atoms with Crippen molar-refractivity contribution in [3.8, 4) is 11.1 Å². The van der Waals surface area contributed by atoms with E-state index in [2.05, 4.69) is 52.3 Å². The van der Waals surface area contributed by atoms with Gasteiger partial charge < -0.3 is 16.0 Å². The zero-order chi connectivity index (χ0) is 22.1. The molecule has 0 unspecified atom stereocenters. The van der Waals surface area contributed by atoms with Gasteiger partial charge in [0.25, 0.3) is 0 Å². The second-order valence-electron chi connectivity index (χ2n) is 7.05. The number of carbonyl (C=O) groups is 1. The third kappa shape index (κ3) is 7.15. The summed E-state index contributed by atoms with van der Waals surface area (Å²) in [6, 6.07) is 22.4. The first-order valence-corrected chi connectivity index (χ1v) is 9.99. The maximum absolute atomic E-state index is 12.5. The van der Waals surface area contributed by atoms with Crippen molar-refractivity contribution in [2.24, 2.45) is 0 Å². The number of urea groups is 1. The van der Waals surface area contributed by atoms with Gasteiger partial charge in [-0.25, -0.2) is 4.79 Å². The van der Waals surface area contributed by atoms with Gasteiger partial charge in [-0.05, 0) is 53.9 Å². The molecular weight excluding hydrogens is 403 g/mol. The third-order valence-electron chi connectivity index (χ3n) is 4.68. The van der Waals surface area contributed by atoms with Crippen LogP contribution < -0.4 is 16.0 Å². The van der Waals surface area contributed by atoms with Crippen LogP contribution in [0.3, 0.4) is 0 Å². The van der Waals surface area contributed by atoms with Crippen LogP contribution in [0.25, 0.3) is 11.1 Å². The Morgan fingerprint density at radius 1 is 0.774 bits per heavy atom. The van der Waals surface area contributed by atoms with E-state index in [0.717, 1.165) is 31.6 Å². The molecule has 0 radical (unpaired) electrons. The lowest BCUT2D eigenvalue weighted by atomic mass is 10.0. The van der Waals surface area contributed by atoms with Crippen molar-refractivity contribution in [3.63, 3.8) is 0 Å². The average Bonchev–Trinajstić information content (AvgIpc) is 2.77. The summed E-state index contributed by atoms with van der Waals surface area (Å²) in [5.74, 6) is 0. The number of benzene rings is 3. The molecule has 3 N–H and O–H groups in total. The molecule has 0 fully saturated rings. The lowest BCUT2D eigenvalue weighted by molar-refractivity contribution is -0.137. The number of halogens is 3. The minimum absolute atomic E-state index is 0.308. The molecule has 0 bridgehead atoms. The van der Waals surface area contributed by atoms with E-state index in [0.29, 0.717) is 12.2 Å². The van der Waals surface area contributed by atoms with Crippen molar-refractivity contribution in [1.82, 2.24) is 10.6 Å². The Labute approximate surface area is 179 Å². The predicted octanol–water partition coefficient (Wildman–Crippen LogP) is 5.67. The Hall–Kier alpha value is -3.32. The van der Waals surface area contributed by atoms with Gasteiger partial charge in [0.2, 0.25) is 0 Å². The monoisotopic (exact) mass is 427 g/mol. The molecule has 3 rings (SSSR count). The summed E-state index contributed by atoms with van der Waals surface area (Å²) in [6.45, 7) is 1.90. The molecule has 0 heterocycles. The Bertz CT molecular complexity index is 956. The van der Waals surface area contributed by atoms with Gasteiger partial charge in [-0.2, -0.15) is 13.2 Å². The van der Waals surface area contributed by atoms with E-state index in [1.165, 1.54) is 28.8 Å². The molecule has 3 aromatic carbocycles. The molecule has 0 saturated carbocycles. The van der Waals surface area contributed by atoms with Crippen LogP contribution in [0.5, 0.6) is 0 Å². The maximum atomic E-state index is 12.5. The lowest BCUT2D eigenvalue weighted by Crippen LogP contribution is -2.31. The van der Waals surface area contributed by atoms with Crippen LogP contribution >= 0.6 is 0 Å². The van der Waals surface area contributed by atoms with Gasteiger partial charge in [0.05, 0.1) is 5.56 Å². The normalized spacial score (nSPS) is 11.2. The average molecular weight is 427 g/mol. The fourth-order valence-corrected chi connectivity index (χ4v) is 3.01. The number of alkyl halides is 3. The summed E-state index contributed by atoms with van der Waals surface area (Å²) in [6.07, 6.45) is -3.67. The Balaban J connectivity index is 1.31. The number of nitrogens with one attached hydrogen (secondary N) is 3. The van der Waals surface area contributed by atoms with Gasteiger partial charge >= 0.3 is 12.2 Å². The molecule has 4 nitrogen and oxygen atoms in total. The number of anilines is 1. The van der Waals surface area contributed by atoms with E-state index >= 15 is 0 Å². The second-order valence-corrected chi connectivity index (χ2v) is 7.05. The van der Waals surface area contributed by atoms with Crippen molar-refractivity contribution < 1.29 is 18.0 Å². The van der Waals surface area contributed by atoms with Gasteiger partial charge in [0.1, 0.15) is 0 Å². The number of rotatable bonds is 8. The van der Waals surface area contributed by atoms with Crippen molar-refractivity contribution in [3.05, 3.63) is 90.0 Å². The number of hydrogen-bond acceptors (Lipinski definition) is 2. The molecule has 3 aromatic rings. The van der Waals surface area contributed by atoms with Crippen LogP contribution in [0.4, 0.5) is 23.7 Å². The van der Waals surface area contributed by atoms with Gasteiger partial charge in [0.15, 0.2) is 0 Å². The third-order valence-corrected chi connectivity index (χ3v) is 4.68. The van der Waals surface area contributed by atoms with Crippen LogP contribution in [-0.2, 0) is 12.7 Å². The standard InChI is InChI=1S/C24H24F3N3O/c25-24(26,27)21-11-13-22(14-12-21)30-23(31)29-16-4-15-28-17-18-7-9-20(10-8-18)19-5-2-1-3-6-19/h1-3,5-14,28H,4,15-17H2,(H2,29,30,31). The van der Waals surface area contributed by atoms with Gasteiger partial charge in [-0.3, -0.25) is 0 Å². The van der Waals surface area contributed by atoms with E-state index in [1.807, 2.05) is 18.2 Å². The predicted molar refractivity (Wildman–Crippen MR) is 117 cm³/mol. The van der Waals surface area contributed by atoms with Gasteiger partial charge in [-0.1, -0.05) is 54.6 Å². The molecule has 162 valence electrons. The molecule has 0 aliphatic rings. The summed E-state index contributed by atoms with van der Waals surface area (Å²) in [5.41, 5.74) is 3.09. The van der Waals surface area contributed by atoms with E-state index in [9.17, 15) is 18.0 Å².